The maximum atomic E-state index is 13.6. The van der Waals surface area contributed by atoms with Gasteiger partial charge in [-0.3, -0.25) is 9.97 Å². The number of benzene rings is 2. The van der Waals surface area contributed by atoms with Gasteiger partial charge < -0.3 is 4.98 Å². The Kier molecular flexibility index (Phi) is 2.64. The van der Waals surface area contributed by atoms with E-state index >= 15 is 0 Å². The second kappa shape index (κ2) is 4.83. The summed E-state index contributed by atoms with van der Waals surface area (Å²) in [6, 6.07) is 14.1. The smallest absolute Gasteiger partial charge is 0.138 e. The SMILES string of the molecule is Fc1cccc(-c2nc3c4cccnc4c4ncccc4c3[nH]2)c1. The summed E-state index contributed by atoms with van der Waals surface area (Å²) in [5.41, 5.74) is 4.06. The minimum Gasteiger partial charge on any atom is -0.337 e. The summed E-state index contributed by atoms with van der Waals surface area (Å²) >= 11 is 0. The van der Waals surface area contributed by atoms with E-state index in [1.54, 1.807) is 18.5 Å². The highest BCUT2D eigenvalue weighted by atomic mass is 19.1. The topological polar surface area (TPSA) is 54.5 Å². The van der Waals surface area contributed by atoms with Gasteiger partial charge in [0.05, 0.1) is 22.1 Å². The summed E-state index contributed by atoms with van der Waals surface area (Å²) in [7, 11) is 0. The number of hydrogen-bond donors (Lipinski definition) is 1. The van der Waals surface area contributed by atoms with Crippen LogP contribution in [0.25, 0.3) is 44.2 Å². The van der Waals surface area contributed by atoms with E-state index in [9.17, 15) is 4.39 Å². The molecule has 3 heterocycles. The summed E-state index contributed by atoms with van der Waals surface area (Å²) in [5, 5.41) is 1.88. The number of nitrogens with one attached hydrogen (secondary N) is 1. The Bertz CT molecular complexity index is 1150. The van der Waals surface area contributed by atoms with Crippen LogP contribution in [0.1, 0.15) is 0 Å². The molecular weight excluding hydrogens is 303 g/mol. The van der Waals surface area contributed by atoms with Crippen LogP contribution in [-0.2, 0) is 0 Å². The molecule has 0 saturated carbocycles. The Balaban J connectivity index is 1.95. The lowest BCUT2D eigenvalue weighted by molar-refractivity contribution is 0.628. The molecule has 0 saturated heterocycles. The third-order valence-corrected chi connectivity index (χ3v) is 4.17. The first-order valence-corrected chi connectivity index (χ1v) is 7.58. The number of pyridine rings is 2. The van der Waals surface area contributed by atoms with Gasteiger partial charge in [0.25, 0.3) is 0 Å². The van der Waals surface area contributed by atoms with Crippen LogP contribution in [0, 0.1) is 5.82 Å². The lowest BCUT2D eigenvalue weighted by Gasteiger charge is -2.03. The summed E-state index contributed by atoms with van der Waals surface area (Å²) in [5.74, 6) is 0.344. The number of nitrogens with zero attached hydrogens (tertiary/aromatic N) is 3. The van der Waals surface area contributed by atoms with Gasteiger partial charge in [0.1, 0.15) is 11.6 Å². The third kappa shape index (κ3) is 1.81. The van der Waals surface area contributed by atoms with Crippen molar-refractivity contribution in [1.82, 2.24) is 19.9 Å². The molecule has 0 radical (unpaired) electrons. The summed E-state index contributed by atoms with van der Waals surface area (Å²) in [6.45, 7) is 0. The van der Waals surface area contributed by atoms with Gasteiger partial charge in [0.2, 0.25) is 0 Å². The lowest BCUT2D eigenvalue weighted by atomic mass is 10.1. The van der Waals surface area contributed by atoms with Gasteiger partial charge in [-0.05, 0) is 36.4 Å². The Hall–Kier alpha value is -3.34. The Labute approximate surface area is 136 Å². The average Bonchev–Trinajstić information content (AvgIpc) is 3.08. The molecule has 0 aliphatic rings. The Morgan fingerprint density at radius 2 is 1.54 bits per heavy atom. The molecule has 3 aromatic heterocycles. The molecule has 0 aliphatic carbocycles. The molecule has 0 spiro atoms. The van der Waals surface area contributed by atoms with Gasteiger partial charge in [-0.1, -0.05) is 12.1 Å². The molecule has 1 N–H and O–H groups in total. The molecule has 114 valence electrons. The van der Waals surface area contributed by atoms with Crippen LogP contribution in [0.3, 0.4) is 0 Å². The predicted molar refractivity (Wildman–Crippen MR) is 92.1 cm³/mol. The number of rotatable bonds is 1. The molecule has 0 unspecified atom stereocenters. The van der Waals surface area contributed by atoms with E-state index in [4.69, 9.17) is 4.98 Å². The van der Waals surface area contributed by atoms with Crippen LogP contribution in [0.15, 0.2) is 60.9 Å². The normalized spacial score (nSPS) is 11.5. The van der Waals surface area contributed by atoms with Gasteiger partial charge in [0, 0.05) is 28.7 Å². The number of halogens is 1. The number of fused-ring (bicyclic) bond motifs is 6. The van der Waals surface area contributed by atoms with Crippen molar-refractivity contribution in [2.24, 2.45) is 0 Å². The van der Waals surface area contributed by atoms with E-state index in [0.29, 0.717) is 11.4 Å². The summed E-state index contributed by atoms with van der Waals surface area (Å²) in [4.78, 5) is 17.0. The maximum absolute atomic E-state index is 13.6. The first kappa shape index (κ1) is 13.1. The van der Waals surface area contributed by atoms with E-state index in [1.807, 2.05) is 30.3 Å². The van der Waals surface area contributed by atoms with Gasteiger partial charge >= 0.3 is 0 Å². The van der Waals surface area contributed by atoms with Gasteiger partial charge in [-0.2, -0.15) is 0 Å². The Morgan fingerprint density at radius 3 is 2.33 bits per heavy atom. The third-order valence-electron chi connectivity index (χ3n) is 4.17. The number of aromatic nitrogens is 4. The van der Waals surface area contributed by atoms with Crippen LogP contribution in [0.4, 0.5) is 4.39 Å². The van der Waals surface area contributed by atoms with Gasteiger partial charge in [-0.25, -0.2) is 9.37 Å². The second-order valence-electron chi connectivity index (χ2n) is 5.62. The quantitative estimate of drug-likeness (QED) is 0.465. The van der Waals surface area contributed by atoms with Gasteiger partial charge in [-0.15, -0.1) is 0 Å². The number of aromatic amines is 1. The fraction of sp³-hybridized carbons (Fsp3) is 0. The lowest BCUT2D eigenvalue weighted by Crippen LogP contribution is -1.86. The van der Waals surface area contributed by atoms with E-state index in [2.05, 4.69) is 15.0 Å². The van der Waals surface area contributed by atoms with Crippen molar-refractivity contribution >= 4 is 32.8 Å². The van der Waals surface area contributed by atoms with Crippen molar-refractivity contribution in [1.29, 1.82) is 0 Å². The second-order valence-corrected chi connectivity index (χ2v) is 5.62. The molecule has 24 heavy (non-hydrogen) atoms. The summed E-state index contributed by atoms with van der Waals surface area (Å²) < 4.78 is 13.6. The minimum atomic E-state index is -0.286. The molecule has 5 heteroatoms. The van der Waals surface area contributed by atoms with Crippen LogP contribution >= 0.6 is 0 Å². The van der Waals surface area contributed by atoms with E-state index in [1.165, 1.54) is 12.1 Å². The molecule has 0 amide bonds. The number of H-pyrrole nitrogens is 1. The zero-order valence-corrected chi connectivity index (χ0v) is 12.5. The fourth-order valence-corrected chi connectivity index (χ4v) is 3.12. The fourth-order valence-electron chi connectivity index (χ4n) is 3.12. The molecule has 0 bridgehead atoms. The average molecular weight is 314 g/mol. The molecule has 4 nitrogen and oxygen atoms in total. The van der Waals surface area contributed by atoms with Crippen molar-refractivity contribution in [2.45, 2.75) is 0 Å². The molecule has 5 aromatic rings. The predicted octanol–water partition coefficient (Wildman–Crippen LogP) is 4.47. The van der Waals surface area contributed by atoms with Crippen molar-refractivity contribution in [3.05, 3.63) is 66.7 Å². The van der Waals surface area contributed by atoms with Crippen LogP contribution < -0.4 is 0 Å². The highest BCUT2D eigenvalue weighted by Crippen LogP contribution is 2.33. The highest BCUT2D eigenvalue weighted by Gasteiger charge is 2.15. The van der Waals surface area contributed by atoms with E-state index in [-0.39, 0.29) is 5.82 Å². The van der Waals surface area contributed by atoms with E-state index < -0.39 is 0 Å². The van der Waals surface area contributed by atoms with Crippen molar-refractivity contribution in [3.63, 3.8) is 0 Å². The molecule has 2 aromatic carbocycles. The molecule has 0 fully saturated rings. The van der Waals surface area contributed by atoms with Crippen LogP contribution in [0.2, 0.25) is 0 Å². The molecule has 0 aliphatic heterocycles. The monoisotopic (exact) mass is 314 g/mol. The van der Waals surface area contributed by atoms with Crippen LogP contribution in [-0.4, -0.2) is 19.9 Å². The summed E-state index contributed by atoms with van der Waals surface area (Å²) in [6.07, 6.45) is 3.51. The number of imidazole rings is 1. The largest absolute Gasteiger partial charge is 0.337 e. The molecular formula is C19H11FN4. The zero-order chi connectivity index (χ0) is 16.1. The standard InChI is InChI=1S/C19H11FN4/c20-12-5-1-4-11(10-12)19-23-17-13-6-2-8-21-15(13)16-14(18(17)24-19)7-3-9-22-16/h1-10H,(H,23,24). The van der Waals surface area contributed by atoms with Crippen molar-refractivity contribution in [3.8, 4) is 11.4 Å². The highest BCUT2D eigenvalue weighted by molar-refractivity contribution is 6.20. The Morgan fingerprint density at radius 1 is 0.792 bits per heavy atom. The first-order valence-electron chi connectivity index (χ1n) is 7.58. The van der Waals surface area contributed by atoms with E-state index in [0.717, 1.165) is 32.8 Å². The van der Waals surface area contributed by atoms with Crippen LogP contribution in [0.5, 0.6) is 0 Å². The maximum Gasteiger partial charge on any atom is 0.138 e. The first-order chi connectivity index (χ1) is 11.8. The van der Waals surface area contributed by atoms with Gasteiger partial charge in [0.15, 0.2) is 0 Å². The van der Waals surface area contributed by atoms with Crippen molar-refractivity contribution < 1.29 is 4.39 Å². The zero-order valence-electron chi connectivity index (χ0n) is 12.5. The molecule has 5 rings (SSSR count). The van der Waals surface area contributed by atoms with Crippen molar-refractivity contribution in [2.75, 3.05) is 0 Å². The number of hydrogen-bond acceptors (Lipinski definition) is 3. The molecule has 0 atom stereocenters. The minimum absolute atomic E-state index is 0.286.